The zero-order chi connectivity index (χ0) is 10.7. The van der Waals surface area contributed by atoms with Crippen LogP contribution in [0.5, 0.6) is 0 Å². The first kappa shape index (κ1) is 11.2. The first-order valence-corrected chi connectivity index (χ1v) is 5.41. The van der Waals surface area contributed by atoms with E-state index in [-0.39, 0.29) is 10.7 Å². The van der Waals surface area contributed by atoms with E-state index in [2.05, 4.69) is 34.1 Å². The molecule has 0 fully saturated rings. The average molecular weight is 256 g/mol. The normalized spacial score (nSPS) is 12.5. The van der Waals surface area contributed by atoms with Gasteiger partial charge >= 0.3 is 0 Å². The Morgan fingerprint density at radius 2 is 1.86 bits per heavy atom. The summed E-state index contributed by atoms with van der Waals surface area (Å²) in [7, 11) is 0. The molecule has 1 amide bonds. The molecule has 14 heavy (non-hydrogen) atoms. The van der Waals surface area contributed by atoms with Crippen molar-refractivity contribution in [1.82, 2.24) is 0 Å². The summed E-state index contributed by atoms with van der Waals surface area (Å²) < 4.78 is 0. The van der Waals surface area contributed by atoms with Gasteiger partial charge in [0.1, 0.15) is 0 Å². The van der Waals surface area contributed by atoms with Gasteiger partial charge < -0.3 is 5.73 Å². The highest BCUT2D eigenvalue weighted by Crippen LogP contribution is 2.13. The summed E-state index contributed by atoms with van der Waals surface area (Å²) >= 11 is 3.25. The molecule has 1 atom stereocenters. The van der Waals surface area contributed by atoms with Gasteiger partial charge in [0, 0.05) is 0 Å². The molecular formula is C11H14BrNO. The van der Waals surface area contributed by atoms with Crippen LogP contribution in [0, 0.1) is 13.8 Å². The summed E-state index contributed by atoms with van der Waals surface area (Å²) in [6, 6.07) is 6.26. The lowest BCUT2D eigenvalue weighted by Gasteiger charge is -2.07. The molecule has 0 aliphatic carbocycles. The zero-order valence-electron chi connectivity index (χ0n) is 8.38. The van der Waals surface area contributed by atoms with Gasteiger partial charge in [0.05, 0.1) is 4.83 Å². The predicted octanol–water partition coefficient (Wildman–Crippen LogP) is 2.09. The van der Waals surface area contributed by atoms with E-state index in [1.807, 2.05) is 13.8 Å². The van der Waals surface area contributed by atoms with Crippen molar-refractivity contribution in [2.24, 2.45) is 5.73 Å². The molecule has 0 radical (unpaired) electrons. The number of carbonyl (C=O) groups excluding carboxylic acids is 1. The fraction of sp³-hybridized carbons (Fsp3) is 0.364. The summed E-state index contributed by atoms with van der Waals surface area (Å²) in [5, 5.41) is 0. The van der Waals surface area contributed by atoms with E-state index < -0.39 is 0 Å². The monoisotopic (exact) mass is 255 g/mol. The van der Waals surface area contributed by atoms with Crippen LogP contribution in [-0.4, -0.2) is 10.7 Å². The Kier molecular flexibility index (Phi) is 3.69. The lowest BCUT2D eigenvalue weighted by atomic mass is 10.0. The Hall–Kier alpha value is -0.830. The first-order valence-electron chi connectivity index (χ1n) is 4.49. The molecule has 0 aromatic heterocycles. The Morgan fingerprint density at radius 3 is 2.29 bits per heavy atom. The van der Waals surface area contributed by atoms with Gasteiger partial charge in [-0.15, -0.1) is 0 Å². The van der Waals surface area contributed by atoms with Crippen molar-refractivity contribution in [2.45, 2.75) is 25.1 Å². The average Bonchev–Trinajstić information content (AvgIpc) is 2.01. The number of nitrogens with two attached hydrogens (primary N) is 1. The minimum Gasteiger partial charge on any atom is -0.369 e. The molecule has 0 saturated heterocycles. The van der Waals surface area contributed by atoms with E-state index >= 15 is 0 Å². The second-order valence-corrected chi connectivity index (χ2v) is 4.68. The molecule has 1 rings (SSSR count). The number of primary amides is 1. The molecule has 76 valence electrons. The predicted molar refractivity (Wildman–Crippen MR) is 61.5 cm³/mol. The molecule has 1 aromatic carbocycles. The molecule has 3 heteroatoms. The molecule has 1 unspecified atom stereocenters. The number of amides is 1. The molecule has 0 aliphatic heterocycles. The zero-order valence-corrected chi connectivity index (χ0v) is 9.97. The third kappa shape index (κ3) is 3.14. The minimum absolute atomic E-state index is 0.274. The van der Waals surface area contributed by atoms with Crippen molar-refractivity contribution in [3.8, 4) is 0 Å². The third-order valence-electron chi connectivity index (χ3n) is 2.01. The van der Waals surface area contributed by atoms with Crippen molar-refractivity contribution in [3.05, 3.63) is 34.9 Å². The van der Waals surface area contributed by atoms with Crippen molar-refractivity contribution < 1.29 is 4.79 Å². The Bertz CT molecular complexity index is 329. The quantitative estimate of drug-likeness (QED) is 0.827. The van der Waals surface area contributed by atoms with Gasteiger partial charge in [0.25, 0.3) is 0 Å². The number of hydrogen-bond acceptors (Lipinski definition) is 1. The number of alkyl halides is 1. The van der Waals surface area contributed by atoms with Crippen molar-refractivity contribution in [2.75, 3.05) is 0 Å². The lowest BCUT2D eigenvalue weighted by Crippen LogP contribution is -2.25. The van der Waals surface area contributed by atoms with E-state index in [1.165, 1.54) is 11.1 Å². The van der Waals surface area contributed by atoms with Crippen molar-refractivity contribution >= 4 is 21.8 Å². The van der Waals surface area contributed by atoms with Crippen LogP contribution in [0.1, 0.15) is 16.7 Å². The fourth-order valence-corrected chi connectivity index (χ4v) is 1.87. The van der Waals surface area contributed by atoms with Gasteiger partial charge in [-0.1, -0.05) is 45.3 Å². The number of benzene rings is 1. The molecular weight excluding hydrogens is 242 g/mol. The Morgan fingerprint density at radius 1 is 1.36 bits per heavy atom. The van der Waals surface area contributed by atoms with E-state index in [1.54, 1.807) is 0 Å². The van der Waals surface area contributed by atoms with Crippen molar-refractivity contribution in [3.63, 3.8) is 0 Å². The second-order valence-electron chi connectivity index (χ2n) is 3.57. The minimum atomic E-state index is -0.316. The van der Waals surface area contributed by atoms with E-state index in [4.69, 9.17) is 5.73 Å². The maximum atomic E-state index is 10.8. The summed E-state index contributed by atoms with van der Waals surface area (Å²) in [4.78, 5) is 10.6. The highest BCUT2D eigenvalue weighted by molar-refractivity contribution is 9.10. The van der Waals surface area contributed by atoms with Crippen LogP contribution >= 0.6 is 15.9 Å². The van der Waals surface area contributed by atoms with Crippen LogP contribution in [0.2, 0.25) is 0 Å². The largest absolute Gasteiger partial charge is 0.369 e. The summed E-state index contributed by atoms with van der Waals surface area (Å²) in [5.41, 5.74) is 8.74. The SMILES string of the molecule is Cc1cc(C)cc(CC(Br)C(N)=O)c1. The standard InChI is InChI=1S/C11H14BrNO/c1-7-3-8(2)5-9(4-7)6-10(12)11(13)14/h3-5,10H,6H2,1-2H3,(H2,13,14). The van der Waals surface area contributed by atoms with Gasteiger partial charge in [0.2, 0.25) is 5.91 Å². The number of carbonyl (C=O) groups is 1. The third-order valence-corrected chi connectivity index (χ3v) is 2.78. The number of aryl methyl sites for hydroxylation is 2. The molecule has 0 bridgehead atoms. The van der Waals surface area contributed by atoms with Crippen LogP contribution in [0.3, 0.4) is 0 Å². The Labute approximate surface area is 92.6 Å². The summed E-state index contributed by atoms with van der Waals surface area (Å²) in [6.45, 7) is 4.09. The number of hydrogen-bond donors (Lipinski definition) is 1. The van der Waals surface area contributed by atoms with Crippen LogP contribution in [-0.2, 0) is 11.2 Å². The first-order chi connectivity index (χ1) is 6.49. The van der Waals surface area contributed by atoms with E-state index in [0.29, 0.717) is 6.42 Å². The highest BCUT2D eigenvalue weighted by Gasteiger charge is 2.11. The van der Waals surface area contributed by atoms with E-state index in [0.717, 1.165) is 5.56 Å². The Balaban J connectivity index is 2.81. The molecule has 0 heterocycles. The van der Waals surface area contributed by atoms with E-state index in [9.17, 15) is 4.79 Å². The summed E-state index contributed by atoms with van der Waals surface area (Å²) in [5.74, 6) is -0.316. The van der Waals surface area contributed by atoms with Gasteiger partial charge in [-0.2, -0.15) is 0 Å². The maximum Gasteiger partial charge on any atom is 0.231 e. The lowest BCUT2D eigenvalue weighted by molar-refractivity contribution is -0.117. The molecule has 0 saturated carbocycles. The van der Waals surface area contributed by atoms with Crippen LogP contribution in [0.15, 0.2) is 18.2 Å². The second kappa shape index (κ2) is 4.60. The molecule has 0 aliphatic rings. The van der Waals surface area contributed by atoms with Gasteiger partial charge in [0.15, 0.2) is 0 Å². The van der Waals surface area contributed by atoms with Gasteiger partial charge in [-0.3, -0.25) is 4.79 Å². The highest BCUT2D eigenvalue weighted by atomic mass is 79.9. The topological polar surface area (TPSA) is 43.1 Å². The van der Waals surface area contributed by atoms with Crippen LogP contribution in [0.4, 0.5) is 0 Å². The maximum absolute atomic E-state index is 10.8. The van der Waals surface area contributed by atoms with Gasteiger partial charge in [-0.05, 0) is 25.8 Å². The molecule has 2 N–H and O–H groups in total. The van der Waals surface area contributed by atoms with Crippen molar-refractivity contribution in [1.29, 1.82) is 0 Å². The molecule has 1 aromatic rings. The fourth-order valence-electron chi connectivity index (χ4n) is 1.49. The van der Waals surface area contributed by atoms with Crippen LogP contribution in [0.25, 0.3) is 0 Å². The number of rotatable bonds is 3. The summed E-state index contributed by atoms with van der Waals surface area (Å²) in [6.07, 6.45) is 0.651. The van der Waals surface area contributed by atoms with Crippen LogP contribution < -0.4 is 5.73 Å². The number of halogens is 1. The molecule has 2 nitrogen and oxygen atoms in total. The smallest absolute Gasteiger partial charge is 0.231 e. The van der Waals surface area contributed by atoms with Gasteiger partial charge in [-0.25, -0.2) is 0 Å². The molecule has 0 spiro atoms.